The van der Waals surface area contributed by atoms with Crippen LogP contribution >= 0.6 is 0 Å². The third-order valence-corrected chi connectivity index (χ3v) is 4.39. The van der Waals surface area contributed by atoms with Crippen molar-refractivity contribution in [1.82, 2.24) is 5.32 Å². The molecule has 0 bridgehead atoms. The Labute approximate surface area is 146 Å². The Hall–Kier alpha value is -2.66. The van der Waals surface area contributed by atoms with Gasteiger partial charge in [-0.25, -0.2) is 4.79 Å². The summed E-state index contributed by atoms with van der Waals surface area (Å²) < 4.78 is 4.95. The number of nitrogens with one attached hydrogen (secondary N) is 1. The summed E-state index contributed by atoms with van der Waals surface area (Å²) in [5.74, 6) is -1.19. The topological polar surface area (TPSA) is 75.6 Å². The predicted octanol–water partition coefficient (Wildman–Crippen LogP) is 2.46. The smallest absolute Gasteiger partial charge is 0.340 e. The molecule has 0 saturated carbocycles. The van der Waals surface area contributed by atoms with Gasteiger partial charge in [0.2, 0.25) is 0 Å². The number of amides is 1. The fourth-order valence-corrected chi connectivity index (χ4v) is 3.13. The molecule has 5 nitrogen and oxygen atoms in total. The van der Waals surface area contributed by atoms with Crippen molar-refractivity contribution >= 4 is 11.9 Å². The molecule has 0 saturated heterocycles. The molecule has 2 aromatic rings. The van der Waals surface area contributed by atoms with Gasteiger partial charge in [-0.1, -0.05) is 54.6 Å². The van der Waals surface area contributed by atoms with Crippen LogP contribution in [-0.2, 0) is 20.7 Å². The molecule has 0 spiro atoms. The van der Waals surface area contributed by atoms with Crippen LogP contribution in [0.1, 0.15) is 41.7 Å². The number of fused-ring (bicyclic) bond motifs is 1. The molecule has 0 aliphatic heterocycles. The van der Waals surface area contributed by atoms with Crippen molar-refractivity contribution in [3.63, 3.8) is 0 Å². The van der Waals surface area contributed by atoms with Crippen LogP contribution < -0.4 is 5.32 Å². The van der Waals surface area contributed by atoms with E-state index >= 15 is 0 Å². The number of benzene rings is 2. The van der Waals surface area contributed by atoms with Crippen LogP contribution in [0, 0.1) is 0 Å². The van der Waals surface area contributed by atoms with E-state index in [9.17, 15) is 14.7 Å². The summed E-state index contributed by atoms with van der Waals surface area (Å²) in [4.78, 5) is 24.0. The highest BCUT2D eigenvalue weighted by Crippen LogP contribution is 2.29. The van der Waals surface area contributed by atoms with Crippen LogP contribution in [0.4, 0.5) is 0 Å². The van der Waals surface area contributed by atoms with E-state index in [0.717, 1.165) is 24.8 Å². The molecule has 2 aromatic carbocycles. The first-order valence-electron chi connectivity index (χ1n) is 8.42. The summed E-state index contributed by atoms with van der Waals surface area (Å²) >= 11 is 0. The van der Waals surface area contributed by atoms with E-state index < -0.39 is 18.7 Å². The minimum absolute atomic E-state index is 0.0600. The molecular formula is C20H21NO4. The Morgan fingerprint density at radius 2 is 1.84 bits per heavy atom. The third kappa shape index (κ3) is 4.25. The van der Waals surface area contributed by atoms with Gasteiger partial charge in [0.15, 0.2) is 12.7 Å². The number of aliphatic hydroxyl groups is 1. The molecule has 2 N–H and O–H groups in total. The number of aryl methyl sites for hydroxylation is 1. The molecule has 3 rings (SSSR count). The van der Waals surface area contributed by atoms with Crippen molar-refractivity contribution in [2.75, 3.05) is 6.61 Å². The van der Waals surface area contributed by atoms with Crippen molar-refractivity contribution in [3.8, 4) is 0 Å². The molecule has 0 fully saturated rings. The normalized spacial score (nSPS) is 17.2. The maximum absolute atomic E-state index is 12.1. The summed E-state index contributed by atoms with van der Waals surface area (Å²) in [7, 11) is 0. The fraction of sp³-hybridized carbons (Fsp3) is 0.300. The number of carbonyl (C=O) groups excluding carboxylic acids is 2. The Morgan fingerprint density at radius 1 is 1.12 bits per heavy atom. The Morgan fingerprint density at radius 3 is 2.64 bits per heavy atom. The number of carbonyl (C=O) groups is 2. The summed E-state index contributed by atoms with van der Waals surface area (Å²) in [5.41, 5.74) is 2.81. The van der Waals surface area contributed by atoms with Gasteiger partial charge in [-0.2, -0.15) is 0 Å². The molecule has 1 aliphatic carbocycles. The van der Waals surface area contributed by atoms with Gasteiger partial charge in [-0.15, -0.1) is 0 Å². The van der Waals surface area contributed by atoms with Gasteiger partial charge in [0, 0.05) is 0 Å². The molecule has 25 heavy (non-hydrogen) atoms. The zero-order valence-electron chi connectivity index (χ0n) is 13.9. The summed E-state index contributed by atoms with van der Waals surface area (Å²) in [5, 5.41) is 12.9. The number of ether oxygens (including phenoxy) is 1. The second-order valence-electron chi connectivity index (χ2n) is 6.13. The van der Waals surface area contributed by atoms with E-state index in [2.05, 4.69) is 11.4 Å². The van der Waals surface area contributed by atoms with Gasteiger partial charge in [0.1, 0.15) is 0 Å². The lowest BCUT2D eigenvalue weighted by molar-refractivity contribution is -0.157. The fourth-order valence-electron chi connectivity index (χ4n) is 3.13. The van der Waals surface area contributed by atoms with Gasteiger partial charge in [0.05, 0.1) is 6.04 Å². The molecule has 0 heterocycles. The van der Waals surface area contributed by atoms with Crippen molar-refractivity contribution in [3.05, 3.63) is 71.3 Å². The van der Waals surface area contributed by atoms with Gasteiger partial charge in [-0.3, -0.25) is 4.79 Å². The number of aliphatic hydroxyl groups excluding tert-OH is 1. The molecule has 0 radical (unpaired) electrons. The minimum atomic E-state index is -1.38. The lowest BCUT2D eigenvalue weighted by Crippen LogP contribution is -2.34. The van der Waals surface area contributed by atoms with E-state index in [-0.39, 0.29) is 11.9 Å². The van der Waals surface area contributed by atoms with Crippen LogP contribution in [-0.4, -0.2) is 23.6 Å². The van der Waals surface area contributed by atoms with Crippen LogP contribution in [0.5, 0.6) is 0 Å². The summed E-state index contributed by atoms with van der Waals surface area (Å²) in [6.07, 6.45) is 1.50. The first kappa shape index (κ1) is 17.2. The second-order valence-corrected chi connectivity index (χ2v) is 6.13. The van der Waals surface area contributed by atoms with Crippen LogP contribution in [0.25, 0.3) is 0 Å². The van der Waals surface area contributed by atoms with E-state index in [4.69, 9.17) is 4.74 Å². The number of hydrogen-bond acceptors (Lipinski definition) is 4. The average molecular weight is 339 g/mol. The molecule has 2 unspecified atom stereocenters. The lowest BCUT2D eigenvalue weighted by atomic mass is 9.88. The highest BCUT2D eigenvalue weighted by Gasteiger charge is 2.23. The molecule has 1 aliphatic rings. The Kier molecular flexibility index (Phi) is 5.46. The van der Waals surface area contributed by atoms with Crippen LogP contribution in [0.2, 0.25) is 0 Å². The molecular weight excluding hydrogens is 318 g/mol. The minimum Gasteiger partial charge on any atom is -0.453 e. The average Bonchev–Trinajstić information content (AvgIpc) is 2.66. The summed E-state index contributed by atoms with van der Waals surface area (Å²) in [6, 6.07) is 16.5. The zero-order chi connectivity index (χ0) is 17.6. The Balaban J connectivity index is 1.53. The summed E-state index contributed by atoms with van der Waals surface area (Å²) in [6.45, 7) is -0.401. The first-order valence-corrected chi connectivity index (χ1v) is 8.42. The van der Waals surface area contributed by atoms with E-state index in [1.54, 1.807) is 30.3 Å². The van der Waals surface area contributed by atoms with E-state index in [1.807, 2.05) is 18.2 Å². The zero-order valence-corrected chi connectivity index (χ0v) is 13.9. The van der Waals surface area contributed by atoms with Crippen molar-refractivity contribution in [2.24, 2.45) is 0 Å². The number of rotatable bonds is 5. The van der Waals surface area contributed by atoms with Gasteiger partial charge >= 0.3 is 5.97 Å². The lowest BCUT2D eigenvalue weighted by Gasteiger charge is -2.26. The maximum Gasteiger partial charge on any atom is 0.340 e. The standard InChI is InChI=1S/C20H21NO4/c22-18(13-25-20(24)19(23)15-8-2-1-3-9-15)21-17-12-6-10-14-7-4-5-11-16(14)17/h1-5,7-9,11,17,19,23H,6,10,12-13H2,(H,21,22). The monoisotopic (exact) mass is 339 g/mol. The SMILES string of the molecule is O=C(COC(=O)C(O)c1ccccc1)NC1CCCc2ccccc21. The first-order chi connectivity index (χ1) is 12.1. The molecule has 0 aromatic heterocycles. The van der Waals surface area contributed by atoms with Crippen molar-refractivity contribution in [1.29, 1.82) is 0 Å². The molecule has 5 heteroatoms. The Bertz CT molecular complexity index is 744. The third-order valence-electron chi connectivity index (χ3n) is 4.39. The maximum atomic E-state index is 12.1. The van der Waals surface area contributed by atoms with Gasteiger partial charge < -0.3 is 15.2 Å². The van der Waals surface area contributed by atoms with E-state index in [1.165, 1.54) is 5.56 Å². The molecule has 1 amide bonds. The van der Waals surface area contributed by atoms with Gasteiger partial charge in [-0.05, 0) is 36.0 Å². The quantitative estimate of drug-likeness (QED) is 0.821. The van der Waals surface area contributed by atoms with Crippen molar-refractivity contribution < 1.29 is 19.4 Å². The number of hydrogen-bond donors (Lipinski definition) is 2. The highest BCUT2D eigenvalue weighted by atomic mass is 16.5. The molecule has 2 atom stereocenters. The van der Waals surface area contributed by atoms with Gasteiger partial charge in [0.25, 0.3) is 5.91 Å². The van der Waals surface area contributed by atoms with E-state index in [0.29, 0.717) is 5.56 Å². The number of esters is 1. The second kappa shape index (κ2) is 7.94. The van der Waals surface area contributed by atoms with Crippen molar-refractivity contribution in [2.45, 2.75) is 31.4 Å². The van der Waals surface area contributed by atoms with Crippen LogP contribution in [0.3, 0.4) is 0 Å². The molecule has 130 valence electrons. The van der Waals surface area contributed by atoms with Crippen LogP contribution in [0.15, 0.2) is 54.6 Å². The predicted molar refractivity (Wildman–Crippen MR) is 92.6 cm³/mol. The largest absolute Gasteiger partial charge is 0.453 e. The highest BCUT2D eigenvalue weighted by molar-refractivity contribution is 5.82.